The van der Waals surface area contributed by atoms with Gasteiger partial charge in [-0.15, -0.1) is 0 Å². The Morgan fingerprint density at radius 2 is 1.62 bits per heavy atom. The van der Waals surface area contributed by atoms with Crippen molar-refractivity contribution in [3.05, 3.63) is 30.3 Å². The molecule has 0 N–H and O–H groups in total. The third-order valence-corrected chi connectivity index (χ3v) is 1.02. The molecule has 0 unspecified atom stereocenters. The largest absolute Gasteiger partial charge is 0.312 e. The maximum atomic E-state index is 4.42. The van der Waals surface area contributed by atoms with E-state index < -0.39 is 0 Å². The van der Waals surface area contributed by atoms with Crippen LogP contribution in [0.3, 0.4) is 0 Å². The van der Waals surface area contributed by atoms with Crippen LogP contribution in [0.2, 0.25) is 0 Å². The van der Waals surface area contributed by atoms with Crippen molar-refractivity contribution in [3.8, 4) is 0 Å². The van der Waals surface area contributed by atoms with Crippen molar-refractivity contribution in [2.75, 3.05) is 21.1 Å². The first-order valence-corrected chi connectivity index (χ1v) is 4.31. The molecule has 0 aliphatic heterocycles. The van der Waals surface area contributed by atoms with Gasteiger partial charge in [-0.2, -0.15) is 4.99 Å². The van der Waals surface area contributed by atoms with E-state index in [1.807, 2.05) is 56.4 Å². The van der Waals surface area contributed by atoms with E-state index in [-0.39, 0.29) is 0 Å². The lowest BCUT2D eigenvalue weighted by Gasteiger charge is -1.90. The zero-order chi connectivity index (χ0) is 10.1. The Bertz CT molecular complexity index is 261. The van der Waals surface area contributed by atoms with Gasteiger partial charge in [0, 0.05) is 0 Å². The predicted molar refractivity (Wildman–Crippen MR) is 60.7 cm³/mol. The maximum absolute atomic E-state index is 4.42. The van der Waals surface area contributed by atoms with Crippen LogP contribution in [0.4, 0.5) is 5.69 Å². The molecule has 1 aromatic rings. The van der Waals surface area contributed by atoms with Crippen LogP contribution in [-0.4, -0.2) is 31.2 Å². The molecule has 0 fully saturated rings. The highest BCUT2D eigenvalue weighted by molar-refractivity contribution is 7.78. The summed E-state index contributed by atoms with van der Waals surface area (Å²) in [5, 5.41) is 2.29. The molecule has 0 amide bonds. The van der Waals surface area contributed by atoms with Gasteiger partial charge in [0.25, 0.3) is 0 Å². The van der Waals surface area contributed by atoms with Gasteiger partial charge in [-0.05, 0) is 45.5 Å². The molecular formula is C10H14N2S. The smallest absolute Gasteiger partial charge is 0.0739 e. The first-order valence-electron chi connectivity index (χ1n) is 3.90. The molecule has 0 aliphatic carbocycles. The van der Waals surface area contributed by atoms with Crippen LogP contribution in [0.15, 0.2) is 35.3 Å². The second-order valence-corrected chi connectivity index (χ2v) is 3.06. The van der Waals surface area contributed by atoms with Gasteiger partial charge in [-0.1, -0.05) is 18.2 Å². The lowest BCUT2D eigenvalue weighted by molar-refractivity contribution is 0.505. The molecule has 0 atom stereocenters. The Kier molecular flexibility index (Phi) is 7.02. The molecular weight excluding hydrogens is 180 g/mol. The third-order valence-electron chi connectivity index (χ3n) is 0.931. The summed E-state index contributed by atoms with van der Waals surface area (Å²) in [5.74, 6) is 0. The summed E-state index contributed by atoms with van der Waals surface area (Å²) in [6.45, 7) is 0. The average molecular weight is 194 g/mol. The highest BCUT2D eigenvalue weighted by Crippen LogP contribution is 2.07. The van der Waals surface area contributed by atoms with E-state index in [1.54, 1.807) is 0 Å². The van der Waals surface area contributed by atoms with E-state index in [2.05, 4.69) is 22.4 Å². The van der Waals surface area contributed by atoms with E-state index in [0.29, 0.717) is 0 Å². The van der Waals surface area contributed by atoms with Crippen molar-refractivity contribution < 1.29 is 0 Å². The first-order chi connectivity index (χ1) is 6.16. The van der Waals surface area contributed by atoms with Crippen LogP contribution in [0.1, 0.15) is 0 Å². The van der Waals surface area contributed by atoms with E-state index >= 15 is 0 Å². The van der Waals surface area contributed by atoms with Crippen LogP contribution < -0.4 is 0 Å². The summed E-state index contributed by atoms with van der Waals surface area (Å²) < 4.78 is 0. The molecule has 0 radical (unpaired) electrons. The van der Waals surface area contributed by atoms with Crippen LogP contribution in [0.25, 0.3) is 0 Å². The van der Waals surface area contributed by atoms with Gasteiger partial charge >= 0.3 is 0 Å². The van der Waals surface area contributed by atoms with Gasteiger partial charge in [0.15, 0.2) is 0 Å². The molecule has 0 heterocycles. The minimum Gasteiger partial charge on any atom is -0.312 e. The summed E-state index contributed by atoms with van der Waals surface area (Å²) in [6.07, 6.45) is 0. The summed E-state index contributed by atoms with van der Waals surface area (Å²) in [5.41, 5.74) is 0.854. The van der Waals surface area contributed by atoms with E-state index in [4.69, 9.17) is 0 Å². The lowest BCUT2D eigenvalue weighted by Crippen LogP contribution is -1.99. The molecule has 3 heteroatoms. The Morgan fingerprint density at radius 1 is 1.15 bits per heavy atom. The quantitative estimate of drug-likeness (QED) is 0.504. The minimum atomic E-state index is 0.854. The molecule has 0 aliphatic rings. The number of hydrogen-bond acceptors (Lipinski definition) is 3. The normalized spacial score (nSPS) is 8.31. The summed E-state index contributed by atoms with van der Waals surface area (Å²) in [7, 11) is 6.00. The first kappa shape index (κ1) is 12.0. The molecule has 2 nitrogen and oxygen atoms in total. The number of thiocarbonyl (C=S) groups is 1. The Labute approximate surface area is 84.9 Å². The molecule has 13 heavy (non-hydrogen) atoms. The number of nitrogens with zero attached hydrogens (tertiary/aromatic N) is 2. The van der Waals surface area contributed by atoms with Crippen LogP contribution in [-0.2, 0) is 0 Å². The minimum absolute atomic E-state index is 0.854. The highest BCUT2D eigenvalue weighted by atomic mass is 32.1. The van der Waals surface area contributed by atoms with Crippen molar-refractivity contribution in [2.45, 2.75) is 0 Å². The average Bonchev–Trinajstić information content (AvgIpc) is 2.06. The van der Waals surface area contributed by atoms with Crippen LogP contribution in [0.5, 0.6) is 0 Å². The fraction of sp³-hybridized carbons (Fsp3) is 0.300. The Morgan fingerprint density at radius 3 is 2.00 bits per heavy atom. The molecule has 0 bridgehead atoms. The Balaban J connectivity index is 0.000000310. The fourth-order valence-corrected chi connectivity index (χ4v) is 0.661. The van der Waals surface area contributed by atoms with Crippen molar-refractivity contribution in [2.24, 2.45) is 4.99 Å². The summed E-state index contributed by atoms with van der Waals surface area (Å²) >= 11 is 4.42. The number of aliphatic imine (C=N–C) groups is 1. The molecule has 1 aromatic carbocycles. The van der Waals surface area contributed by atoms with Crippen molar-refractivity contribution in [1.82, 2.24) is 4.90 Å². The fourth-order valence-electron chi connectivity index (χ4n) is 0.555. The van der Waals surface area contributed by atoms with Gasteiger partial charge in [-0.3, -0.25) is 0 Å². The summed E-state index contributed by atoms with van der Waals surface area (Å²) in [6, 6.07) is 9.50. The monoisotopic (exact) mass is 194 g/mol. The second kappa shape index (κ2) is 7.62. The highest BCUT2D eigenvalue weighted by Gasteiger charge is 1.79. The van der Waals surface area contributed by atoms with E-state index in [0.717, 1.165) is 5.69 Å². The predicted octanol–water partition coefficient (Wildman–Crippen LogP) is 2.60. The zero-order valence-electron chi connectivity index (χ0n) is 8.19. The number of benzene rings is 1. The number of isothiocyanates is 1. The SMILES string of the molecule is CN(C)C.S=C=Nc1ccccc1. The standard InChI is InChI=1S/C7H5NS.C3H9N/c9-6-8-7-4-2-1-3-5-7;1-4(2)3/h1-5H;1-3H3. The zero-order valence-corrected chi connectivity index (χ0v) is 9.01. The molecule has 0 spiro atoms. The van der Waals surface area contributed by atoms with Crippen molar-refractivity contribution in [1.29, 1.82) is 0 Å². The van der Waals surface area contributed by atoms with Gasteiger partial charge in [0.1, 0.15) is 0 Å². The lowest BCUT2D eigenvalue weighted by atomic mass is 10.3. The van der Waals surface area contributed by atoms with Gasteiger partial charge in [0.05, 0.1) is 10.8 Å². The van der Waals surface area contributed by atoms with E-state index in [1.165, 1.54) is 0 Å². The maximum Gasteiger partial charge on any atom is 0.0739 e. The van der Waals surface area contributed by atoms with Crippen LogP contribution >= 0.6 is 12.2 Å². The second-order valence-electron chi connectivity index (χ2n) is 2.88. The van der Waals surface area contributed by atoms with Gasteiger partial charge in [0.2, 0.25) is 0 Å². The topological polar surface area (TPSA) is 15.6 Å². The number of rotatable bonds is 1. The molecule has 0 saturated heterocycles. The molecule has 70 valence electrons. The van der Waals surface area contributed by atoms with Gasteiger partial charge in [-0.25, -0.2) is 0 Å². The molecule has 1 rings (SSSR count). The molecule has 0 aromatic heterocycles. The number of para-hydroxylation sites is 1. The third kappa shape index (κ3) is 8.89. The summed E-state index contributed by atoms with van der Waals surface area (Å²) in [4.78, 5) is 5.77. The van der Waals surface area contributed by atoms with Crippen LogP contribution in [0, 0.1) is 0 Å². The van der Waals surface area contributed by atoms with Gasteiger partial charge < -0.3 is 4.90 Å². The van der Waals surface area contributed by atoms with E-state index in [9.17, 15) is 0 Å². The van der Waals surface area contributed by atoms with Crippen molar-refractivity contribution in [3.63, 3.8) is 0 Å². The molecule has 0 saturated carbocycles. The number of hydrogen-bond donors (Lipinski definition) is 0. The van der Waals surface area contributed by atoms with Crippen molar-refractivity contribution >= 4 is 23.1 Å². The Hall–Kier alpha value is -1.02.